The van der Waals surface area contributed by atoms with Crippen molar-refractivity contribution in [2.45, 2.75) is 52.1 Å². The summed E-state index contributed by atoms with van der Waals surface area (Å²) in [6.07, 6.45) is 2.16. The van der Waals surface area contributed by atoms with Crippen molar-refractivity contribution in [1.82, 2.24) is 19.6 Å². The molecule has 30 heavy (non-hydrogen) atoms. The second-order valence-electron chi connectivity index (χ2n) is 8.10. The highest BCUT2D eigenvalue weighted by Gasteiger charge is 2.27. The number of nitrogens with two attached hydrogens (primary N) is 1. The third kappa shape index (κ3) is 3.61. The maximum atomic E-state index is 11.7. The second kappa shape index (κ2) is 8.20. The molecule has 160 valence electrons. The molecule has 3 aromatic rings. The Balaban J connectivity index is 1.77. The number of hydrogen-bond acceptors (Lipinski definition) is 6. The topological polar surface area (TPSA) is 110 Å². The molecule has 1 aliphatic rings. The van der Waals surface area contributed by atoms with Gasteiger partial charge < -0.3 is 24.8 Å². The SMILES string of the molecule is CC(=O)N1CCC(n2c([C@@H](N)CCO)nc3cc(-c4c(C)noc4C)ccc32)CC1. The second-order valence-corrected chi connectivity index (χ2v) is 8.10. The number of aryl methyl sites for hydroxylation is 2. The van der Waals surface area contributed by atoms with Crippen molar-refractivity contribution in [2.24, 2.45) is 5.73 Å². The van der Waals surface area contributed by atoms with E-state index in [0.717, 1.165) is 65.4 Å². The number of imidazole rings is 1. The van der Waals surface area contributed by atoms with E-state index in [0.29, 0.717) is 6.42 Å². The molecule has 0 spiro atoms. The number of piperidine rings is 1. The Kier molecular flexibility index (Phi) is 5.62. The van der Waals surface area contributed by atoms with E-state index < -0.39 is 0 Å². The summed E-state index contributed by atoms with van der Waals surface area (Å²) in [6.45, 7) is 6.92. The Morgan fingerprint density at radius 2 is 2.07 bits per heavy atom. The lowest BCUT2D eigenvalue weighted by Crippen LogP contribution is -2.38. The molecule has 1 atom stereocenters. The number of carbonyl (C=O) groups is 1. The van der Waals surface area contributed by atoms with Crippen molar-refractivity contribution in [3.8, 4) is 11.1 Å². The van der Waals surface area contributed by atoms with Crippen molar-refractivity contribution >= 4 is 16.9 Å². The number of likely N-dealkylation sites (tertiary alicyclic amines) is 1. The van der Waals surface area contributed by atoms with Gasteiger partial charge in [0.15, 0.2) is 0 Å². The molecule has 1 aromatic carbocycles. The molecule has 0 bridgehead atoms. The van der Waals surface area contributed by atoms with Gasteiger partial charge in [-0.15, -0.1) is 0 Å². The molecule has 3 N–H and O–H groups in total. The van der Waals surface area contributed by atoms with Gasteiger partial charge in [0.05, 0.1) is 22.8 Å². The van der Waals surface area contributed by atoms with Gasteiger partial charge in [0.25, 0.3) is 0 Å². The van der Waals surface area contributed by atoms with Crippen LogP contribution in [-0.4, -0.2) is 50.3 Å². The summed E-state index contributed by atoms with van der Waals surface area (Å²) in [7, 11) is 0. The standard InChI is InChI=1S/C22H29N5O3/c1-13-21(14(2)30-25-13)16-4-5-20-19(12-16)24-22(18(23)8-11-28)27(20)17-6-9-26(10-7-17)15(3)29/h4-5,12,17-18,28H,6-11,23H2,1-3H3/t18-/m0/s1. The first-order valence-electron chi connectivity index (χ1n) is 10.5. The summed E-state index contributed by atoms with van der Waals surface area (Å²) >= 11 is 0. The van der Waals surface area contributed by atoms with Gasteiger partial charge in [0.2, 0.25) is 5.91 Å². The fraction of sp³-hybridized carbons (Fsp3) is 0.500. The molecule has 0 unspecified atom stereocenters. The van der Waals surface area contributed by atoms with E-state index in [4.69, 9.17) is 15.2 Å². The van der Waals surface area contributed by atoms with Gasteiger partial charge in [-0.3, -0.25) is 4.79 Å². The highest BCUT2D eigenvalue weighted by molar-refractivity contribution is 5.84. The van der Waals surface area contributed by atoms with Gasteiger partial charge in [-0.2, -0.15) is 0 Å². The van der Waals surface area contributed by atoms with Crippen LogP contribution in [0.3, 0.4) is 0 Å². The van der Waals surface area contributed by atoms with Gasteiger partial charge in [-0.25, -0.2) is 4.98 Å². The summed E-state index contributed by atoms with van der Waals surface area (Å²) in [6, 6.07) is 6.07. The van der Waals surface area contributed by atoms with E-state index in [9.17, 15) is 9.90 Å². The highest BCUT2D eigenvalue weighted by atomic mass is 16.5. The summed E-state index contributed by atoms with van der Waals surface area (Å²) in [4.78, 5) is 18.5. The zero-order valence-corrected chi connectivity index (χ0v) is 17.8. The van der Waals surface area contributed by atoms with Crippen LogP contribution in [0.5, 0.6) is 0 Å². The van der Waals surface area contributed by atoms with E-state index in [2.05, 4.69) is 27.9 Å². The molecular formula is C22H29N5O3. The molecule has 1 saturated heterocycles. The fourth-order valence-corrected chi connectivity index (χ4v) is 4.52. The van der Waals surface area contributed by atoms with Crippen LogP contribution in [-0.2, 0) is 4.79 Å². The summed E-state index contributed by atoms with van der Waals surface area (Å²) < 4.78 is 7.56. The molecular weight excluding hydrogens is 382 g/mol. The van der Waals surface area contributed by atoms with Crippen molar-refractivity contribution in [2.75, 3.05) is 19.7 Å². The number of aliphatic hydroxyl groups is 1. The lowest BCUT2D eigenvalue weighted by atomic mass is 10.0. The Morgan fingerprint density at radius 3 is 2.67 bits per heavy atom. The minimum Gasteiger partial charge on any atom is -0.396 e. The monoisotopic (exact) mass is 411 g/mol. The fourth-order valence-electron chi connectivity index (χ4n) is 4.52. The molecule has 4 rings (SSSR count). The number of fused-ring (bicyclic) bond motifs is 1. The minimum absolute atomic E-state index is 0.0114. The number of carbonyl (C=O) groups excluding carboxylic acids is 1. The van der Waals surface area contributed by atoms with Gasteiger partial charge >= 0.3 is 0 Å². The molecule has 1 fully saturated rings. The van der Waals surface area contributed by atoms with Crippen LogP contribution in [0, 0.1) is 13.8 Å². The first-order valence-corrected chi connectivity index (χ1v) is 10.5. The molecule has 8 heteroatoms. The van der Waals surface area contributed by atoms with Crippen molar-refractivity contribution in [3.63, 3.8) is 0 Å². The van der Waals surface area contributed by atoms with Gasteiger partial charge in [-0.1, -0.05) is 11.2 Å². The number of hydrogen-bond donors (Lipinski definition) is 2. The molecule has 3 heterocycles. The molecule has 0 saturated carbocycles. The molecule has 0 radical (unpaired) electrons. The van der Waals surface area contributed by atoms with Crippen LogP contribution in [0.25, 0.3) is 22.2 Å². The van der Waals surface area contributed by atoms with Crippen molar-refractivity contribution in [3.05, 3.63) is 35.5 Å². The van der Waals surface area contributed by atoms with E-state index in [1.165, 1.54) is 0 Å². The van der Waals surface area contributed by atoms with Gasteiger partial charge in [0, 0.05) is 38.2 Å². The minimum atomic E-state index is -0.351. The Bertz CT molecular complexity index is 1040. The van der Waals surface area contributed by atoms with Crippen LogP contribution in [0.4, 0.5) is 0 Å². The molecule has 2 aromatic heterocycles. The van der Waals surface area contributed by atoms with Gasteiger partial charge in [-0.05, 0) is 50.8 Å². The zero-order valence-electron chi connectivity index (χ0n) is 17.8. The summed E-state index contributed by atoms with van der Waals surface area (Å²) in [5, 5.41) is 13.5. The van der Waals surface area contributed by atoms with E-state index >= 15 is 0 Å². The smallest absolute Gasteiger partial charge is 0.219 e. The van der Waals surface area contributed by atoms with Crippen LogP contribution >= 0.6 is 0 Å². The maximum absolute atomic E-state index is 11.7. The van der Waals surface area contributed by atoms with Crippen LogP contribution in [0.2, 0.25) is 0 Å². The van der Waals surface area contributed by atoms with Gasteiger partial charge in [0.1, 0.15) is 11.6 Å². The average molecular weight is 412 g/mol. The highest BCUT2D eigenvalue weighted by Crippen LogP contribution is 2.34. The van der Waals surface area contributed by atoms with E-state index in [1.54, 1.807) is 6.92 Å². The predicted octanol–water partition coefficient (Wildman–Crippen LogP) is 2.87. The van der Waals surface area contributed by atoms with Crippen LogP contribution in [0.1, 0.15) is 55.5 Å². The third-order valence-electron chi connectivity index (χ3n) is 6.09. The Labute approximate surface area is 175 Å². The first-order chi connectivity index (χ1) is 14.4. The summed E-state index contributed by atoms with van der Waals surface area (Å²) in [5.74, 6) is 1.68. The lowest BCUT2D eigenvalue weighted by molar-refractivity contribution is -0.130. The maximum Gasteiger partial charge on any atom is 0.219 e. The molecule has 1 amide bonds. The normalized spacial score (nSPS) is 16.4. The van der Waals surface area contributed by atoms with Crippen molar-refractivity contribution in [1.29, 1.82) is 0 Å². The predicted molar refractivity (Wildman–Crippen MR) is 114 cm³/mol. The largest absolute Gasteiger partial charge is 0.396 e. The first kappa shape index (κ1) is 20.6. The van der Waals surface area contributed by atoms with Crippen molar-refractivity contribution < 1.29 is 14.4 Å². The van der Waals surface area contributed by atoms with E-state index in [-0.39, 0.29) is 24.6 Å². The number of benzene rings is 1. The Morgan fingerprint density at radius 1 is 1.33 bits per heavy atom. The molecule has 8 nitrogen and oxygen atoms in total. The Hall–Kier alpha value is -2.71. The van der Waals surface area contributed by atoms with Crippen LogP contribution < -0.4 is 5.73 Å². The summed E-state index contributed by atoms with van der Waals surface area (Å²) in [5.41, 5.74) is 11.1. The zero-order chi connectivity index (χ0) is 21.4. The lowest BCUT2D eigenvalue weighted by Gasteiger charge is -2.33. The molecule has 1 aliphatic heterocycles. The quantitative estimate of drug-likeness (QED) is 0.668. The molecule has 0 aliphatic carbocycles. The third-order valence-corrected chi connectivity index (χ3v) is 6.09. The number of aliphatic hydroxyl groups excluding tert-OH is 1. The van der Waals surface area contributed by atoms with E-state index in [1.807, 2.05) is 18.7 Å². The number of amides is 1. The average Bonchev–Trinajstić information content (AvgIpc) is 3.27. The van der Waals surface area contributed by atoms with Crippen LogP contribution in [0.15, 0.2) is 22.7 Å². The number of rotatable bonds is 5. The number of aromatic nitrogens is 3. The number of nitrogens with zero attached hydrogens (tertiary/aromatic N) is 4.